The zero-order chi connectivity index (χ0) is 31.5. The molecule has 4 rings (SSSR count). The smallest absolute Gasteiger partial charge is 0.480 e. The average Bonchev–Trinajstić information content (AvgIpc) is 3.05. The van der Waals surface area contributed by atoms with E-state index in [1.807, 2.05) is 87.0 Å². The van der Waals surface area contributed by atoms with Crippen LogP contribution >= 0.6 is 11.8 Å². The van der Waals surface area contributed by atoms with E-state index in [4.69, 9.17) is 4.74 Å². The number of carboxylic acid groups (broad SMARTS) is 1. The number of aryl methyl sites for hydroxylation is 1. The molecular weight excluding hydrogens is 572 g/mol. The normalized spacial score (nSPS) is 15.6. The number of benzene rings is 3. The molecule has 0 aliphatic heterocycles. The number of nitrogens with zero attached hydrogens (tertiary/aromatic N) is 1. The molecule has 0 saturated heterocycles. The van der Waals surface area contributed by atoms with E-state index in [2.05, 4.69) is 5.32 Å². The zero-order valence-electron chi connectivity index (χ0n) is 26.1. The van der Waals surface area contributed by atoms with Crippen LogP contribution in [0.1, 0.15) is 65.6 Å². The van der Waals surface area contributed by atoms with Crippen molar-refractivity contribution < 1.29 is 28.7 Å². The highest BCUT2D eigenvalue weighted by molar-refractivity contribution is 7.98. The molecule has 3 aromatic carbocycles. The number of amides is 2. The molecule has 234 valence electrons. The Labute approximate surface area is 265 Å². The molecule has 1 aliphatic carbocycles. The van der Waals surface area contributed by atoms with Gasteiger partial charge in [-0.25, -0.2) is 9.28 Å². The number of thioether (sulfide) groups is 1. The van der Waals surface area contributed by atoms with Crippen LogP contribution in [0.3, 0.4) is 0 Å². The highest BCUT2D eigenvalue weighted by Gasteiger charge is 2.42. The Kier molecular flexibility index (Phi) is 12.0. The van der Waals surface area contributed by atoms with Crippen LogP contribution in [0.15, 0.2) is 72.8 Å². The number of hydrogen-bond donors (Lipinski definition) is 2. The maximum absolute atomic E-state index is 13.7. The molecule has 7 nitrogen and oxygen atoms in total. The van der Waals surface area contributed by atoms with Gasteiger partial charge in [-0.1, -0.05) is 73.2 Å². The summed E-state index contributed by atoms with van der Waals surface area (Å²) < 4.78 is 6.12. The van der Waals surface area contributed by atoms with Crippen molar-refractivity contribution in [2.45, 2.75) is 70.6 Å². The first-order valence-corrected chi connectivity index (χ1v) is 16.9. The minimum absolute atomic E-state index is 0.196. The van der Waals surface area contributed by atoms with E-state index < -0.39 is 17.9 Å². The third kappa shape index (κ3) is 8.51. The molecular formula is C36H45N2O5S+. The Hall–Kier alpha value is -3.62. The lowest BCUT2D eigenvalue weighted by molar-refractivity contribution is -0.865. The van der Waals surface area contributed by atoms with Crippen molar-refractivity contribution in [2.75, 3.05) is 25.6 Å². The molecule has 3 aromatic rings. The van der Waals surface area contributed by atoms with Gasteiger partial charge in [0, 0.05) is 24.8 Å². The van der Waals surface area contributed by atoms with E-state index in [0.29, 0.717) is 30.7 Å². The fraction of sp³-hybridized carbons (Fsp3) is 0.417. The average molecular weight is 618 g/mol. The predicted molar refractivity (Wildman–Crippen MR) is 177 cm³/mol. The van der Waals surface area contributed by atoms with Crippen LogP contribution in [0.5, 0.6) is 0 Å². The number of nitrogens with one attached hydrogen (secondary N) is 1. The van der Waals surface area contributed by atoms with Crippen molar-refractivity contribution in [1.82, 2.24) is 5.32 Å². The van der Waals surface area contributed by atoms with Gasteiger partial charge in [0.2, 0.25) is 0 Å². The summed E-state index contributed by atoms with van der Waals surface area (Å²) in [4.78, 5) is 39.1. The van der Waals surface area contributed by atoms with E-state index in [0.717, 1.165) is 53.5 Å². The van der Waals surface area contributed by atoms with Crippen LogP contribution in [0.2, 0.25) is 0 Å². The van der Waals surface area contributed by atoms with E-state index in [1.165, 1.54) is 6.42 Å². The van der Waals surface area contributed by atoms with Gasteiger partial charge < -0.3 is 15.2 Å². The molecule has 0 aromatic heterocycles. The number of quaternary nitrogens is 1. The second-order valence-corrected chi connectivity index (χ2v) is 12.9. The van der Waals surface area contributed by atoms with Crippen molar-refractivity contribution in [3.8, 4) is 11.1 Å². The monoisotopic (exact) mass is 617 g/mol. The van der Waals surface area contributed by atoms with Crippen molar-refractivity contribution in [2.24, 2.45) is 0 Å². The molecule has 1 aliphatic rings. The van der Waals surface area contributed by atoms with Gasteiger partial charge >= 0.3 is 12.1 Å². The lowest BCUT2D eigenvalue weighted by Crippen LogP contribution is -2.58. The summed E-state index contributed by atoms with van der Waals surface area (Å²) in [7, 11) is 2.01. The standard InChI is InChI=1S/C36H44N2O5S/c1-26-12-10-11-17-30(26)32-24-27(18-19-31(32)34(39)37-33(35(40)41)21-23-44-3)20-22-38(2,29-15-8-5-9-16-29)36(42)43-25-28-13-6-4-7-14-28/h4,6-7,10-14,17-19,24,29,33H,5,8-9,15-16,20-23,25H2,1-3H3,(H-,37,39,40,41)/p+1/t33-,38?/m0/s1. The number of carbonyl (C=O) groups excluding carboxylic acids is 2. The number of likely N-dealkylation sites (N-methyl/N-ethyl adjacent to an activating group) is 1. The van der Waals surface area contributed by atoms with Gasteiger partial charge in [0.15, 0.2) is 0 Å². The molecule has 0 spiro atoms. The quantitative estimate of drug-likeness (QED) is 0.196. The van der Waals surface area contributed by atoms with Crippen LogP contribution in [-0.4, -0.2) is 65.2 Å². The Balaban J connectivity index is 1.60. The fourth-order valence-corrected chi connectivity index (χ4v) is 6.55. The van der Waals surface area contributed by atoms with Gasteiger partial charge in [0.1, 0.15) is 12.6 Å². The predicted octanol–water partition coefficient (Wildman–Crippen LogP) is 7.26. The topological polar surface area (TPSA) is 92.7 Å². The first kappa shape index (κ1) is 33.3. The molecule has 1 fully saturated rings. The van der Waals surface area contributed by atoms with E-state index in [1.54, 1.807) is 17.8 Å². The van der Waals surface area contributed by atoms with Crippen molar-refractivity contribution in [3.63, 3.8) is 0 Å². The van der Waals surface area contributed by atoms with Crippen LogP contribution in [0.4, 0.5) is 4.79 Å². The lowest BCUT2D eigenvalue weighted by atomic mass is 9.91. The molecule has 8 heteroatoms. The molecule has 2 amide bonds. The Morgan fingerprint density at radius 3 is 2.34 bits per heavy atom. The summed E-state index contributed by atoms with van der Waals surface area (Å²) in [6, 6.07) is 22.6. The number of hydrogen-bond acceptors (Lipinski definition) is 5. The molecule has 0 radical (unpaired) electrons. The van der Waals surface area contributed by atoms with Crippen molar-refractivity contribution in [3.05, 3.63) is 95.1 Å². The Morgan fingerprint density at radius 2 is 1.66 bits per heavy atom. The maximum atomic E-state index is 13.7. The van der Waals surface area contributed by atoms with Crippen LogP contribution in [0.25, 0.3) is 11.1 Å². The summed E-state index contributed by atoms with van der Waals surface area (Å²) in [5.74, 6) is -0.817. The minimum Gasteiger partial charge on any atom is -0.480 e. The van der Waals surface area contributed by atoms with Crippen LogP contribution in [0, 0.1) is 6.92 Å². The fourth-order valence-electron chi connectivity index (χ4n) is 6.07. The second kappa shape index (κ2) is 15.9. The number of rotatable bonds is 13. The first-order chi connectivity index (χ1) is 21.2. The molecule has 2 N–H and O–H groups in total. The number of carbonyl (C=O) groups is 3. The number of ether oxygens (including phenoxy) is 1. The molecule has 44 heavy (non-hydrogen) atoms. The molecule has 1 unspecified atom stereocenters. The molecule has 0 bridgehead atoms. The SMILES string of the molecule is CSCC[C@H](NC(=O)c1ccc(CC[N+](C)(C(=O)OCc2ccccc2)C2CCCCC2)cc1-c1ccccc1C)C(=O)O. The second-order valence-electron chi connectivity index (χ2n) is 11.9. The number of aliphatic carboxylic acids is 1. The summed E-state index contributed by atoms with van der Waals surface area (Å²) in [6.07, 6.45) is 8.08. The summed E-state index contributed by atoms with van der Waals surface area (Å²) >= 11 is 1.55. The number of carboxylic acids is 1. The van der Waals surface area contributed by atoms with Crippen LogP contribution in [-0.2, 0) is 22.6 Å². The summed E-state index contributed by atoms with van der Waals surface area (Å²) in [5, 5.41) is 12.5. The van der Waals surface area contributed by atoms with E-state index in [9.17, 15) is 19.5 Å². The van der Waals surface area contributed by atoms with Gasteiger partial charge in [-0.05, 0) is 72.1 Å². The van der Waals surface area contributed by atoms with Crippen LogP contribution < -0.4 is 5.32 Å². The van der Waals surface area contributed by atoms with Gasteiger partial charge in [0.05, 0.1) is 19.6 Å². The van der Waals surface area contributed by atoms with Crippen molar-refractivity contribution in [1.29, 1.82) is 0 Å². The minimum atomic E-state index is -1.04. The lowest BCUT2D eigenvalue weighted by Gasteiger charge is -2.39. The molecule has 2 atom stereocenters. The van der Waals surface area contributed by atoms with Gasteiger partial charge in [-0.2, -0.15) is 16.6 Å². The highest BCUT2D eigenvalue weighted by Crippen LogP contribution is 2.31. The third-order valence-corrected chi connectivity index (χ3v) is 9.49. The third-order valence-electron chi connectivity index (χ3n) is 8.85. The molecule has 0 heterocycles. The zero-order valence-corrected chi connectivity index (χ0v) is 26.9. The van der Waals surface area contributed by atoms with Gasteiger partial charge in [-0.3, -0.25) is 4.79 Å². The first-order valence-electron chi connectivity index (χ1n) is 15.5. The van der Waals surface area contributed by atoms with Gasteiger partial charge in [-0.15, -0.1) is 0 Å². The van der Waals surface area contributed by atoms with E-state index in [-0.39, 0.29) is 23.2 Å². The van der Waals surface area contributed by atoms with Gasteiger partial charge in [0.25, 0.3) is 5.91 Å². The molecule has 1 saturated carbocycles. The Morgan fingerprint density at radius 1 is 0.955 bits per heavy atom. The van der Waals surface area contributed by atoms with E-state index >= 15 is 0 Å². The Bertz CT molecular complexity index is 1420. The highest BCUT2D eigenvalue weighted by atomic mass is 32.2. The summed E-state index contributed by atoms with van der Waals surface area (Å²) in [6.45, 7) is 2.82. The summed E-state index contributed by atoms with van der Waals surface area (Å²) in [5.41, 5.74) is 5.10. The maximum Gasteiger partial charge on any atom is 0.516 e. The van der Waals surface area contributed by atoms with Crippen molar-refractivity contribution >= 4 is 29.7 Å². The largest absolute Gasteiger partial charge is 0.516 e.